The lowest BCUT2D eigenvalue weighted by atomic mass is 10.0. The molecule has 21 heavy (non-hydrogen) atoms. The van der Waals surface area contributed by atoms with Crippen LogP contribution in [0.2, 0.25) is 0 Å². The fourth-order valence-electron chi connectivity index (χ4n) is 2.95. The van der Waals surface area contributed by atoms with Crippen molar-refractivity contribution in [2.45, 2.75) is 19.8 Å². The molecule has 1 atom stereocenters. The molecule has 1 heterocycles. The van der Waals surface area contributed by atoms with Crippen molar-refractivity contribution < 1.29 is 9.53 Å². The zero-order chi connectivity index (χ0) is 14.8. The molecule has 0 amide bonds. The fourth-order valence-corrected chi connectivity index (χ4v) is 2.95. The molecule has 108 valence electrons. The lowest BCUT2D eigenvalue weighted by molar-refractivity contribution is -0.144. The van der Waals surface area contributed by atoms with Gasteiger partial charge in [0.15, 0.2) is 0 Å². The SMILES string of the molecule is CCOC(=O)C1CN(c2ccccc2C)c2ccccc21. The summed E-state index contributed by atoms with van der Waals surface area (Å²) in [5.41, 5.74) is 4.51. The summed E-state index contributed by atoms with van der Waals surface area (Å²) in [6, 6.07) is 16.3. The van der Waals surface area contributed by atoms with Gasteiger partial charge in [-0.25, -0.2) is 0 Å². The zero-order valence-corrected chi connectivity index (χ0v) is 12.4. The predicted octanol–water partition coefficient (Wildman–Crippen LogP) is 3.79. The highest BCUT2D eigenvalue weighted by Crippen LogP contribution is 2.42. The Morgan fingerprint density at radius 1 is 1.14 bits per heavy atom. The zero-order valence-electron chi connectivity index (χ0n) is 12.4. The molecule has 0 saturated heterocycles. The van der Waals surface area contributed by atoms with Gasteiger partial charge >= 0.3 is 5.97 Å². The van der Waals surface area contributed by atoms with Crippen LogP contribution in [0.25, 0.3) is 0 Å². The monoisotopic (exact) mass is 281 g/mol. The number of fused-ring (bicyclic) bond motifs is 1. The van der Waals surface area contributed by atoms with Crippen molar-refractivity contribution in [1.29, 1.82) is 0 Å². The Labute approximate surface area is 125 Å². The van der Waals surface area contributed by atoms with E-state index in [-0.39, 0.29) is 11.9 Å². The molecule has 3 heteroatoms. The van der Waals surface area contributed by atoms with Gasteiger partial charge < -0.3 is 9.64 Å². The minimum Gasteiger partial charge on any atom is -0.465 e. The van der Waals surface area contributed by atoms with Crippen molar-refractivity contribution in [2.24, 2.45) is 0 Å². The van der Waals surface area contributed by atoms with Crippen LogP contribution in [0.3, 0.4) is 0 Å². The number of anilines is 2. The summed E-state index contributed by atoms with van der Waals surface area (Å²) in [4.78, 5) is 14.4. The number of hydrogen-bond donors (Lipinski definition) is 0. The summed E-state index contributed by atoms with van der Waals surface area (Å²) in [7, 11) is 0. The van der Waals surface area contributed by atoms with Crippen molar-refractivity contribution in [3.63, 3.8) is 0 Å². The van der Waals surface area contributed by atoms with E-state index < -0.39 is 0 Å². The van der Waals surface area contributed by atoms with Crippen LogP contribution in [0.15, 0.2) is 48.5 Å². The van der Waals surface area contributed by atoms with Crippen molar-refractivity contribution >= 4 is 17.3 Å². The first-order valence-corrected chi connectivity index (χ1v) is 7.31. The van der Waals surface area contributed by atoms with Gasteiger partial charge in [0.2, 0.25) is 0 Å². The van der Waals surface area contributed by atoms with E-state index in [2.05, 4.69) is 30.0 Å². The number of para-hydroxylation sites is 2. The molecule has 0 radical (unpaired) electrons. The number of benzene rings is 2. The number of aryl methyl sites for hydroxylation is 1. The Kier molecular flexibility index (Phi) is 3.65. The smallest absolute Gasteiger partial charge is 0.315 e. The van der Waals surface area contributed by atoms with Gasteiger partial charge in [-0.05, 0) is 37.1 Å². The average Bonchev–Trinajstić information content (AvgIpc) is 2.88. The second-order valence-electron chi connectivity index (χ2n) is 5.26. The molecule has 0 aliphatic carbocycles. The van der Waals surface area contributed by atoms with Crippen LogP contribution < -0.4 is 4.90 Å². The lowest BCUT2D eigenvalue weighted by Crippen LogP contribution is -2.22. The summed E-state index contributed by atoms with van der Waals surface area (Å²) >= 11 is 0. The number of nitrogens with zero attached hydrogens (tertiary/aromatic N) is 1. The molecule has 2 aromatic carbocycles. The van der Waals surface area contributed by atoms with Crippen molar-refractivity contribution in [3.8, 4) is 0 Å². The largest absolute Gasteiger partial charge is 0.465 e. The Hall–Kier alpha value is -2.29. The van der Waals surface area contributed by atoms with E-state index in [1.165, 1.54) is 5.56 Å². The van der Waals surface area contributed by atoms with E-state index in [9.17, 15) is 4.79 Å². The van der Waals surface area contributed by atoms with Gasteiger partial charge in [0.05, 0.1) is 6.61 Å². The lowest BCUT2D eigenvalue weighted by Gasteiger charge is -2.22. The molecule has 1 aliphatic heterocycles. The van der Waals surface area contributed by atoms with E-state index in [0.29, 0.717) is 13.2 Å². The maximum atomic E-state index is 12.2. The van der Waals surface area contributed by atoms with E-state index >= 15 is 0 Å². The molecule has 3 nitrogen and oxygen atoms in total. The maximum Gasteiger partial charge on any atom is 0.315 e. The Morgan fingerprint density at radius 3 is 2.52 bits per heavy atom. The van der Waals surface area contributed by atoms with E-state index in [0.717, 1.165) is 16.9 Å². The molecule has 1 unspecified atom stereocenters. The first-order valence-electron chi connectivity index (χ1n) is 7.31. The van der Waals surface area contributed by atoms with Crippen LogP contribution in [-0.2, 0) is 9.53 Å². The number of esters is 1. The molecule has 0 fully saturated rings. The highest BCUT2D eigenvalue weighted by Gasteiger charge is 2.35. The van der Waals surface area contributed by atoms with Gasteiger partial charge in [-0.3, -0.25) is 4.79 Å². The summed E-state index contributed by atoms with van der Waals surface area (Å²) in [6.45, 7) is 5.00. The molecule has 3 rings (SSSR count). The second-order valence-corrected chi connectivity index (χ2v) is 5.26. The highest BCUT2D eigenvalue weighted by atomic mass is 16.5. The molecular formula is C18H19NO2. The number of rotatable bonds is 3. The van der Waals surface area contributed by atoms with E-state index in [4.69, 9.17) is 4.74 Å². The Morgan fingerprint density at radius 2 is 1.81 bits per heavy atom. The van der Waals surface area contributed by atoms with Crippen LogP contribution in [0.5, 0.6) is 0 Å². The van der Waals surface area contributed by atoms with Crippen molar-refractivity contribution in [1.82, 2.24) is 0 Å². The van der Waals surface area contributed by atoms with Crippen LogP contribution in [0, 0.1) is 6.92 Å². The number of hydrogen-bond acceptors (Lipinski definition) is 3. The molecule has 0 saturated carbocycles. The van der Waals surface area contributed by atoms with Crippen LogP contribution in [0.4, 0.5) is 11.4 Å². The summed E-state index contributed by atoms with van der Waals surface area (Å²) in [6.07, 6.45) is 0. The van der Waals surface area contributed by atoms with Gasteiger partial charge in [0, 0.05) is 17.9 Å². The van der Waals surface area contributed by atoms with Crippen molar-refractivity contribution in [3.05, 3.63) is 59.7 Å². The summed E-state index contributed by atoms with van der Waals surface area (Å²) in [5, 5.41) is 0. The molecule has 0 aromatic heterocycles. The minimum atomic E-state index is -0.208. The second kappa shape index (κ2) is 5.60. The molecule has 0 spiro atoms. The van der Waals surface area contributed by atoms with Gasteiger partial charge in [0.25, 0.3) is 0 Å². The van der Waals surface area contributed by atoms with Crippen LogP contribution >= 0.6 is 0 Å². The quantitative estimate of drug-likeness (QED) is 0.802. The Balaban J connectivity index is 2.02. The standard InChI is InChI=1S/C18H19NO2/c1-3-21-18(20)15-12-19(16-10-6-4-8-13(16)2)17-11-7-5-9-14(15)17/h4-11,15H,3,12H2,1-2H3. The molecule has 0 N–H and O–H groups in total. The number of carbonyl (C=O) groups excluding carboxylic acids is 1. The van der Waals surface area contributed by atoms with Gasteiger partial charge in [0.1, 0.15) is 5.92 Å². The van der Waals surface area contributed by atoms with E-state index in [1.54, 1.807) is 0 Å². The molecule has 0 bridgehead atoms. The first kappa shape index (κ1) is 13.7. The van der Waals surface area contributed by atoms with Crippen LogP contribution in [0.1, 0.15) is 24.0 Å². The Bertz CT molecular complexity index is 666. The first-order chi connectivity index (χ1) is 10.2. The molecule has 1 aliphatic rings. The third-order valence-corrected chi connectivity index (χ3v) is 3.95. The van der Waals surface area contributed by atoms with Crippen molar-refractivity contribution in [2.75, 3.05) is 18.1 Å². The average molecular weight is 281 g/mol. The normalized spacial score (nSPS) is 16.7. The number of carbonyl (C=O) groups is 1. The van der Waals surface area contributed by atoms with Gasteiger partial charge in [-0.2, -0.15) is 0 Å². The summed E-state index contributed by atoms with van der Waals surface area (Å²) in [5.74, 6) is -0.346. The van der Waals surface area contributed by atoms with Gasteiger partial charge in [-0.1, -0.05) is 36.4 Å². The van der Waals surface area contributed by atoms with Gasteiger partial charge in [-0.15, -0.1) is 0 Å². The third kappa shape index (κ3) is 2.40. The highest BCUT2D eigenvalue weighted by molar-refractivity contribution is 5.87. The topological polar surface area (TPSA) is 29.5 Å². The third-order valence-electron chi connectivity index (χ3n) is 3.95. The fraction of sp³-hybridized carbons (Fsp3) is 0.278. The van der Waals surface area contributed by atoms with Crippen LogP contribution in [-0.4, -0.2) is 19.1 Å². The predicted molar refractivity (Wildman–Crippen MR) is 84.0 cm³/mol. The minimum absolute atomic E-state index is 0.138. The molecular weight excluding hydrogens is 262 g/mol. The maximum absolute atomic E-state index is 12.2. The number of ether oxygens (including phenoxy) is 1. The summed E-state index contributed by atoms with van der Waals surface area (Å²) < 4.78 is 5.23. The molecule has 2 aromatic rings. The van der Waals surface area contributed by atoms with E-state index in [1.807, 2.05) is 37.3 Å².